The largest absolute Gasteiger partial charge is 0.465 e. The number of aryl methyl sites for hydroxylation is 2. The molecule has 0 spiro atoms. The molecule has 0 saturated carbocycles. The molecule has 0 saturated heterocycles. The number of hydrogen-bond acceptors (Lipinski definition) is 6. The molecule has 3 rings (SSSR count). The van der Waals surface area contributed by atoms with Crippen LogP contribution in [0.5, 0.6) is 0 Å². The van der Waals surface area contributed by atoms with E-state index in [0.29, 0.717) is 17.2 Å². The highest BCUT2D eigenvalue weighted by Gasteiger charge is 2.23. The number of carbonyl (C=O) groups is 1. The van der Waals surface area contributed by atoms with Gasteiger partial charge >= 0.3 is 11.7 Å². The zero-order valence-corrected chi connectivity index (χ0v) is 17.0. The highest BCUT2D eigenvalue weighted by molar-refractivity contribution is 8.00. The third kappa shape index (κ3) is 3.89. The monoisotopic (exact) mass is 402 g/mol. The summed E-state index contributed by atoms with van der Waals surface area (Å²) in [6.07, 6.45) is 0. The molecule has 1 atom stereocenters. The van der Waals surface area contributed by atoms with Gasteiger partial charge in [0, 0.05) is 7.05 Å². The molecule has 2 aromatic heterocycles. The van der Waals surface area contributed by atoms with Gasteiger partial charge in [-0.2, -0.15) is 0 Å². The van der Waals surface area contributed by atoms with Crippen LogP contribution < -0.4 is 11.2 Å². The van der Waals surface area contributed by atoms with E-state index < -0.39 is 16.5 Å². The Bertz CT molecular complexity index is 1130. The van der Waals surface area contributed by atoms with Crippen molar-refractivity contribution in [3.05, 3.63) is 56.2 Å². The Morgan fingerprint density at radius 2 is 1.96 bits per heavy atom. The number of aromatic amines is 1. The van der Waals surface area contributed by atoms with Crippen LogP contribution >= 0.6 is 11.8 Å². The summed E-state index contributed by atoms with van der Waals surface area (Å²) < 4.78 is 8.10. The number of nitrogens with zero attached hydrogens (tertiary/aromatic N) is 3. The first-order chi connectivity index (χ1) is 13.3. The summed E-state index contributed by atoms with van der Waals surface area (Å²) in [4.78, 5) is 43.3. The van der Waals surface area contributed by atoms with Gasteiger partial charge in [-0.05, 0) is 26.3 Å². The second kappa shape index (κ2) is 8.05. The predicted octanol–water partition coefficient (Wildman–Crippen LogP) is 1.82. The maximum absolute atomic E-state index is 12.5. The summed E-state index contributed by atoms with van der Waals surface area (Å²) in [6.45, 7) is 6.14. The predicted molar refractivity (Wildman–Crippen MR) is 108 cm³/mol. The molecule has 8 nitrogen and oxygen atoms in total. The van der Waals surface area contributed by atoms with Crippen molar-refractivity contribution in [1.82, 2.24) is 19.1 Å². The Morgan fingerprint density at radius 1 is 1.29 bits per heavy atom. The van der Waals surface area contributed by atoms with Crippen LogP contribution in [0.1, 0.15) is 25.0 Å². The Labute approximate surface area is 165 Å². The lowest BCUT2D eigenvalue weighted by molar-refractivity contribution is -0.142. The molecular formula is C19H22N4O4S. The summed E-state index contributed by atoms with van der Waals surface area (Å²) in [5.41, 5.74) is 1.63. The minimum absolute atomic E-state index is 0.277. The number of aromatic nitrogens is 4. The number of rotatable bonds is 6. The number of fused-ring (bicyclic) bond motifs is 1. The standard InChI is InChI=1S/C19H22N4O4S/c1-5-27-17(25)12(3)28-19-20-15-14(16(24)21-18(26)22(15)4)23(19)10-13-8-6-11(2)7-9-13/h6-9,12H,5,10H2,1-4H3,(H,21,24,26). The first kappa shape index (κ1) is 19.9. The van der Waals surface area contributed by atoms with Crippen LogP contribution in [-0.2, 0) is 23.1 Å². The lowest BCUT2D eigenvalue weighted by Crippen LogP contribution is -2.29. The third-order valence-corrected chi connectivity index (χ3v) is 5.40. The smallest absolute Gasteiger partial charge is 0.329 e. The number of carbonyl (C=O) groups excluding carboxylic acids is 1. The van der Waals surface area contributed by atoms with E-state index in [1.807, 2.05) is 31.2 Å². The number of hydrogen-bond donors (Lipinski definition) is 1. The van der Waals surface area contributed by atoms with Gasteiger partial charge in [0.15, 0.2) is 16.3 Å². The molecule has 0 fully saturated rings. The quantitative estimate of drug-likeness (QED) is 0.499. The molecule has 3 aromatic rings. The molecular weight excluding hydrogens is 380 g/mol. The zero-order chi connectivity index (χ0) is 20.4. The van der Waals surface area contributed by atoms with E-state index in [9.17, 15) is 14.4 Å². The van der Waals surface area contributed by atoms with E-state index in [-0.39, 0.29) is 18.2 Å². The highest BCUT2D eigenvalue weighted by Crippen LogP contribution is 2.27. The molecule has 28 heavy (non-hydrogen) atoms. The van der Waals surface area contributed by atoms with E-state index in [1.165, 1.54) is 16.3 Å². The van der Waals surface area contributed by atoms with E-state index in [0.717, 1.165) is 11.1 Å². The molecule has 0 aliphatic rings. The van der Waals surface area contributed by atoms with Crippen LogP contribution in [0.4, 0.5) is 0 Å². The number of esters is 1. The average molecular weight is 402 g/mol. The van der Waals surface area contributed by atoms with Crippen molar-refractivity contribution >= 4 is 28.9 Å². The molecule has 148 valence electrons. The number of benzene rings is 1. The third-order valence-electron chi connectivity index (χ3n) is 4.33. The molecule has 2 heterocycles. The fourth-order valence-corrected chi connectivity index (χ4v) is 3.70. The Kier molecular flexibility index (Phi) is 5.73. The molecule has 9 heteroatoms. The van der Waals surface area contributed by atoms with E-state index >= 15 is 0 Å². The van der Waals surface area contributed by atoms with Gasteiger partial charge in [-0.15, -0.1) is 0 Å². The maximum atomic E-state index is 12.5. The second-order valence-corrected chi connectivity index (χ2v) is 7.78. The van der Waals surface area contributed by atoms with E-state index in [2.05, 4.69) is 9.97 Å². The van der Waals surface area contributed by atoms with Crippen molar-refractivity contribution in [1.29, 1.82) is 0 Å². The number of ether oxygens (including phenoxy) is 1. The van der Waals surface area contributed by atoms with E-state index in [1.54, 1.807) is 25.5 Å². The lowest BCUT2D eigenvalue weighted by atomic mass is 10.1. The Balaban J connectivity index is 2.13. The molecule has 1 N–H and O–H groups in total. The molecule has 0 amide bonds. The summed E-state index contributed by atoms with van der Waals surface area (Å²) in [7, 11) is 1.55. The fraction of sp³-hybridized carbons (Fsp3) is 0.368. The second-order valence-electron chi connectivity index (χ2n) is 6.47. The van der Waals surface area contributed by atoms with Gasteiger partial charge < -0.3 is 9.30 Å². The fourth-order valence-electron chi connectivity index (χ4n) is 2.79. The highest BCUT2D eigenvalue weighted by atomic mass is 32.2. The molecule has 1 aromatic carbocycles. The normalized spacial score (nSPS) is 12.3. The van der Waals surface area contributed by atoms with E-state index in [4.69, 9.17) is 4.74 Å². The van der Waals surface area contributed by atoms with Crippen molar-refractivity contribution in [3.63, 3.8) is 0 Å². The van der Waals surface area contributed by atoms with Crippen LogP contribution in [0.25, 0.3) is 11.2 Å². The van der Waals surface area contributed by atoms with Gasteiger partial charge in [0.05, 0.1) is 13.2 Å². The molecule has 0 aliphatic heterocycles. The maximum Gasteiger partial charge on any atom is 0.329 e. The van der Waals surface area contributed by atoms with Gasteiger partial charge in [-0.25, -0.2) is 9.78 Å². The summed E-state index contributed by atoms with van der Waals surface area (Å²) in [6, 6.07) is 7.92. The van der Waals surface area contributed by atoms with Crippen LogP contribution in [0.2, 0.25) is 0 Å². The van der Waals surface area contributed by atoms with Crippen molar-refractivity contribution < 1.29 is 9.53 Å². The summed E-state index contributed by atoms with van der Waals surface area (Å²) >= 11 is 1.20. The van der Waals surface area contributed by atoms with Crippen molar-refractivity contribution in [2.75, 3.05) is 6.61 Å². The minimum atomic E-state index is -0.535. The van der Waals surface area contributed by atoms with Crippen molar-refractivity contribution in [2.24, 2.45) is 7.05 Å². The Morgan fingerprint density at radius 3 is 2.61 bits per heavy atom. The van der Waals surface area contributed by atoms with Crippen molar-refractivity contribution in [2.45, 2.75) is 37.7 Å². The van der Waals surface area contributed by atoms with Gasteiger partial charge in [-0.3, -0.25) is 19.1 Å². The first-order valence-electron chi connectivity index (χ1n) is 8.90. The number of H-pyrrole nitrogens is 1. The minimum Gasteiger partial charge on any atom is -0.465 e. The first-order valence-corrected chi connectivity index (χ1v) is 9.78. The van der Waals surface area contributed by atoms with Crippen LogP contribution in [0.15, 0.2) is 39.0 Å². The topological polar surface area (TPSA) is 99.0 Å². The van der Waals surface area contributed by atoms with Crippen LogP contribution in [0, 0.1) is 6.92 Å². The Hall–Kier alpha value is -2.81. The molecule has 0 aliphatic carbocycles. The van der Waals surface area contributed by atoms with Crippen LogP contribution in [0.3, 0.4) is 0 Å². The summed E-state index contributed by atoms with van der Waals surface area (Å²) in [5, 5.41) is -0.0348. The lowest BCUT2D eigenvalue weighted by Gasteiger charge is -2.12. The molecule has 1 unspecified atom stereocenters. The van der Waals surface area contributed by atoms with Gasteiger partial charge in [0.25, 0.3) is 5.56 Å². The zero-order valence-electron chi connectivity index (χ0n) is 16.2. The number of nitrogens with one attached hydrogen (secondary N) is 1. The van der Waals surface area contributed by atoms with Gasteiger partial charge in [0.2, 0.25) is 0 Å². The van der Waals surface area contributed by atoms with Gasteiger partial charge in [-0.1, -0.05) is 41.6 Å². The van der Waals surface area contributed by atoms with Crippen molar-refractivity contribution in [3.8, 4) is 0 Å². The van der Waals surface area contributed by atoms with Crippen LogP contribution in [-0.4, -0.2) is 36.9 Å². The molecule has 0 radical (unpaired) electrons. The van der Waals surface area contributed by atoms with Gasteiger partial charge in [0.1, 0.15) is 5.25 Å². The summed E-state index contributed by atoms with van der Waals surface area (Å²) in [5.74, 6) is -0.357. The average Bonchev–Trinajstić information content (AvgIpc) is 3.00. The molecule has 0 bridgehead atoms. The number of thioether (sulfide) groups is 1. The SMILES string of the molecule is CCOC(=O)C(C)Sc1nc2c(c(=O)[nH]c(=O)n2C)n1Cc1ccc(C)cc1. The number of imidazole rings is 1.